The van der Waals surface area contributed by atoms with E-state index in [4.69, 9.17) is 10.7 Å². The lowest BCUT2D eigenvalue weighted by Crippen LogP contribution is -2.28. The molecule has 0 aromatic heterocycles. The Kier molecular flexibility index (Phi) is 3.29. The number of hydrogen-bond acceptors (Lipinski definition) is 2. The maximum atomic E-state index is 11.0. The summed E-state index contributed by atoms with van der Waals surface area (Å²) >= 11 is 0. The number of hydrogen-bond donors (Lipinski definition) is 0. The first-order valence-electron chi connectivity index (χ1n) is 4.74. The summed E-state index contributed by atoms with van der Waals surface area (Å²) in [7, 11) is 1.92. The second-order valence-corrected chi connectivity index (χ2v) is 7.43. The minimum absolute atomic E-state index is 0.103. The quantitative estimate of drug-likeness (QED) is 0.691. The van der Waals surface area contributed by atoms with Gasteiger partial charge in [0.1, 0.15) is 0 Å². The van der Waals surface area contributed by atoms with E-state index < -0.39 is 9.05 Å². The van der Waals surface area contributed by atoms with Gasteiger partial charge in [-0.05, 0) is 24.2 Å². The molecule has 0 amide bonds. The third-order valence-electron chi connectivity index (χ3n) is 3.00. The van der Waals surface area contributed by atoms with E-state index >= 15 is 0 Å². The molecule has 0 aliphatic heterocycles. The van der Waals surface area contributed by atoms with Crippen molar-refractivity contribution in [2.24, 2.45) is 11.3 Å². The van der Waals surface area contributed by atoms with Gasteiger partial charge in [0.2, 0.25) is 9.05 Å². The van der Waals surface area contributed by atoms with Crippen LogP contribution >= 0.6 is 10.7 Å². The van der Waals surface area contributed by atoms with Crippen LogP contribution in [0.3, 0.4) is 0 Å². The second-order valence-electron chi connectivity index (χ2n) is 4.65. The molecule has 0 aromatic rings. The van der Waals surface area contributed by atoms with E-state index in [0.717, 1.165) is 12.8 Å². The SMILES string of the molecule is CC(C)(CS(=O)(=O)Cl)C1CCCC1. The van der Waals surface area contributed by atoms with Gasteiger partial charge >= 0.3 is 0 Å². The van der Waals surface area contributed by atoms with Crippen LogP contribution in [0.15, 0.2) is 0 Å². The fourth-order valence-electron chi connectivity index (χ4n) is 2.27. The van der Waals surface area contributed by atoms with Crippen LogP contribution in [0.4, 0.5) is 0 Å². The number of rotatable bonds is 3. The molecular formula is C9H17ClO2S. The molecule has 0 unspecified atom stereocenters. The fourth-order valence-corrected chi connectivity index (χ4v) is 4.24. The van der Waals surface area contributed by atoms with Crippen molar-refractivity contribution in [3.05, 3.63) is 0 Å². The van der Waals surface area contributed by atoms with Crippen molar-refractivity contribution in [3.8, 4) is 0 Å². The van der Waals surface area contributed by atoms with Crippen LogP contribution in [-0.4, -0.2) is 14.2 Å². The zero-order valence-corrected chi connectivity index (χ0v) is 9.79. The van der Waals surface area contributed by atoms with Crippen molar-refractivity contribution in [1.29, 1.82) is 0 Å². The topological polar surface area (TPSA) is 34.1 Å². The van der Waals surface area contributed by atoms with E-state index in [1.807, 2.05) is 13.8 Å². The Morgan fingerprint density at radius 1 is 1.31 bits per heavy atom. The van der Waals surface area contributed by atoms with Crippen LogP contribution in [0.25, 0.3) is 0 Å². The van der Waals surface area contributed by atoms with Gasteiger partial charge in [0.25, 0.3) is 0 Å². The highest BCUT2D eigenvalue weighted by atomic mass is 35.7. The standard InChI is InChI=1S/C9H17ClO2S/c1-9(2,7-13(10,11)12)8-5-3-4-6-8/h8H,3-7H2,1-2H3. The van der Waals surface area contributed by atoms with E-state index in [2.05, 4.69) is 0 Å². The molecule has 0 N–H and O–H groups in total. The third-order valence-corrected chi connectivity index (χ3v) is 4.42. The Labute approximate surface area is 85.1 Å². The summed E-state index contributed by atoms with van der Waals surface area (Å²) in [5, 5.41) is 0. The number of halogens is 1. The Bertz CT molecular complexity index is 263. The third kappa shape index (κ3) is 3.47. The first kappa shape index (κ1) is 11.3. The monoisotopic (exact) mass is 224 g/mol. The highest BCUT2D eigenvalue weighted by Crippen LogP contribution is 2.40. The lowest BCUT2D eigenvalue weighted by molar-refractivity contribution is 0.250. The van der Waals surface area contributed by atoms with Crippen molar-refractivity contribution < 1.29 is 8.42 Å². The van der Waals surface area contributed by atoms with Crippen LogP contribution in [0.1, 0.15) is 39.5 Å². The van der Waals surface area contributed by atoms with E-state index in [0.29, 0.717) is 5.92 Å². The summed E-state index contributed by atoms with van der Waals surface area (Å²) in [6, 6.07) is 0. The summed E-state index contributed by atoms with van der Waals surface area (Å²) in [4.78, 5) is 0. The summed E-state index contributed by atoms with van der Waals surface area (Å²) in [5.74, 6) is 0.632. The summed E-state index contributed by atoms with van der Waals surface area (Å²) in [6.45, 7) is 4.01. The largest absolute Gasteiger partial charge is 0.233 e. The van der Waals surface area contributed by atoms with Crippen molar-refractivity contribution >= 4 is 19.7 Å². The summed E-state index contributed by atoms with van der Waals surface area (Å²) in [6.07, 6.45) is 4.77. The van der Waals surface area contributed by atoms with Crippen LogP contribution < -0.4 is 0 Å². The van der Waals surface area contributed by atoms with Crippen LogP contribution in [0, 0.1) is 11.3 Å². The highest BCUT2D eigenvalue weighted by molar-refractivity contribution is 8.13. The average molecular weight is 225 g/mol. The molecule has 0 aromatic carbocycles. The van der Waals surface area contributed by atoms with Crippen molar-refractivity contribution in [1.82, 2.24) is 0 Å². The molecule has 1 aliphatic carbocycles. The molecule has 0 spiro atoms. The van der Waals surface area contributed by atoms with Gasteiger partial charge in [0.15, 0.2) is 0 Å². The van der Waals surface area contributed by atoms with Gasteiger partial charge in [-0.1, -0.05) is 26.7 Å². The van der Waals surface area contributed by atoms with Gasteiger partial charge in [-0.25, -0.2) is 8.42 Å². The van der Waals surface area contributed by atoms with Crippen LogP contribution in [-0.2, 0) is 9.05 Å². The highest BCUT2D eigenvalue weighted by Gasteiger charge is 2.35. The maximum absolute atomic E-state index is 11.0. The molecule has 4 heteroatoms. The van der Waals surface area contributed by atoms with Gasteiger partial charge in [-0.15, -0.1) is 0 Å². The van der Waals surface area contributed by atoms with E-state index in [-0.39, 0.29) is 11.2 Å². The molecule has 78 valence electrons. The minimum Gasteiger partial charge on any atom is -0.212 e. The predicted octanol–water partition coefficient (Wildman–Crippen LogP) is 2.77. The van der Waals surface area contributed by atoms with Crippen molar-refractivity contribution in [2.75, 3.05) is 5.75 Å². The molecule has 1 saturated carbocycles. The van der Waals surface area contributed by atoms with Gasteiger partial charge < -0.3 is 0 Å². The van der Waals surface area contributed by atoms with Crippen LogP contribution in [0.5, 0.6) is 0 Å². The van der Waals surface area contributed by atoms with Gasteiger partial charge in [-0.2, -0.15) is 0 Å². The Hall–Kier alpha value is 0.240. The van der Waals surface area contributed by atoms with Gasteiger partial charge in [0, 0.05) is 10.7 Å². The summed E-state index contributed by atoms with van der Waals surface area (Å²) in [5.41, 5.74) is -0.156. The summed E-state index contributed by atoms with van der Waals surface area (Å²) < 4.78 is 21.9. The van der Waals surface area contributed by atoms with E-state index in [9.17, 15) is 8.42 Å². The smallest absolute Gasteiger partial charge is 0.212 e. The zero-order valence-electron chi connectivity index (χ0n) is 8.22. The maximum Gasteiger partial charge on any atom is 0.233 e. The van der Waals surface area contributed by atoms with E-state index in [1.165, 1.54) is 12.8 Å². The van der Waals surface area contributed by atoms with E-state index in [1.54, 1.807) is 0 Å². The van der Waals surface area contributed by atoms with Crippen LogP contribution in [0.2, 0.25) is 0 Å². The molecule has 0 atom stereocenters. The Morgan fingerprint density at radius 2 is 1.77 bits per heavy atom. The average Bonchev–Trinajstić information content (AvgIpc) is 2.29. The molecule has 1 rings (SSSR count). The molecule has 1 aliphatic rings. The predicted molar refractivity (Wildman–Crippen MR) is 55.4 cm³/mol. The molecule has 0 heterocycles. The first-order chi connectivity index (χ1) is 5.81. The lowest BCUT2D eigenvalue weighted by Gasteiger charge is -2.29. The second kappa shape index (κ2) is 3.77. The Morgan fingerprint density at radius 3 is 2.15 bits per heavy atom. The zero-order chi connectivity index (χ0) is 10.1. The van der Waals surface area contributed by atoms with Gasteiger partial charge in [-0.3, -0.25) is 0 Å². The van der Waals surface area contributed by atoms with Crippen molar-refractivity contribution in [3.63, 3.8) is 0 Å². The molecule has 1 fully saturated rings. The Balaban J connectivity index is 2.64. The fraction of sp³-hybridized carbons (Fsp3) is 1.00. The molecule has 0 radical (unpaired) electrons. The molecule has 0 bridgehead atoms. The molecule has 13 heavy (non-hydrogen) atoms. The molecule has 0 saturated heterocycles. The van der Waals surface area contributed by atoms with Crippen molar-refractivity contribution in [2.45, 2.75) is 39.5 Å². The minimum atomic E-state index is -3.35. The molecule has 2 nitrogen and oxygen atoms in total. The lowest BCUT2D eigenvalue weighted by atomic mass is 9.79. The normalized spacial score (nSPS) is 20.8. The first-order valence-corrected chi connectivity index (χ1v) is 7.21. The molecular weight excluding hydrogens is 208 g/mol. The van der Waals surface area contributed by atoms with Gasteiger partial charge in [0.05, 0.1) is 5.75 Å².